The molecule has 0 bridgehead atoms. The molecule has 2 aromatic rings. The molecule has 0 unspecified atom stereocenters. The van der Waals surface area contributed by atoms with Crippen molar-refractivity contribution >= 4 is 46.3 Å². The highest BCUT2D eigenvalue weighted by Crippen LogP contribution is 2.26. The van der Waals surface area contributed by atoms with Crippen LogP contribution in [0.3, 0.4) is 0 Å². The largest absolute Gasteiger partial charge is 0.394 e. The van der Waals surface area contributed by atoms with Crippen molar-refractivity contribution < 1.29 is 0 Å². The quantitative estimate of drug-likeness (QED) is 0.749. The van der Waals surface area contributed by atoms with Gasteiger partial charge in [-0.05, 0) is 32.3 Å². The summed E-state index contributed by atoms with van der Waals surface area (Å²) in [5.41, 5.74) is 7.12. The number of nitrogens with one attached hydrogen (secondary N) is 2. The average Bonchev–Trinajstić information content (AvgIpc) is 2.46. The molecule has 2 rings (SSSR count). The molecule has 0 saturated heterocycles. The molecule has 0 amide bonds. The van der Waals surface area contributed by atoms with Gasteiger partial charge in [-0.1, -0.05) is 23.2 Å². The van der Waals surface area contributed by atoms with Gasteiger partial charge in [0.2, 0.25) is 5.95 Å². The fourth-order valence-corrected chi connectivity index (χ4v) is 1.99. The first kappa shape index (κ1) is 16.6. The van der Waals surface area contributed by atoms with Gasteiger partial charge >= 0.3 is 0 Å². The van der Waals surface area contributed by atoms with Crippen molar-refractivity contribution in [1.82, 2.24) is 14.9 Å². The molecule has 0 atom stereocenters. The van der Waals surface area contributed by atoms with Gasteiger partial charge in [-0.15, -0.1) is 0 Å². The van der Waals surface area contributed by atoms with E-state index in [1.807, 2.05) is 14.1 Å². The highest BCUT2D eigenvalue weighted by Gasteiger charge is 2.06. The molecule has 22 heavy (non-hydrogen) atoms. The summed E-state index contributed by atoms with van der Waals surface area (Å²) in [5, 5.41) is 7.21. The zero-order valence-electron chi connectivity index (χ0n) is 12.4. The van der Waals surface area contributed by atoms with Crippen molar-refractivity contribution in [2.24, 2.45) is 0 Å². The van der Waals surface area contributed by atoms with Gasteiger partial charge in [-0.2, -0.15) is 4.98 Å². The number of halogens is 2. The lowest BCUT2D eigenvalue weighted by Crippen LogP contribution is -2.21. The molecule has 1 aromatic heterocycles. The normalized spacial score (nSPS) is 10.8. The van der Waals surface area contributed by atoms with E-state index in [1.165, 1.54) is 0 Å². The second-order valence-corrected chi connectivity index (χ2v) is 5.80. The van der Waals surface area contributed by atoms with E-state index in [0.717, 1.165) is 18.8 Å². The summed E-state index contributed by atoms with van der Waals surface area (Å²) in [6.45, 7) is 1.61. The summed E-state index contributed by atoms with van der Waals surface area (Å²) in [6.07, 6.45) is 1.56. The summed E-state index contributed by atoms with van der Waals surface area (Å²) < 4.78 is 0. The lowest BCUT2D eigenvalue weighted by atomic mass is 10.3. The molecule has 0 aliphatic carbocycles. The van der Waals surface area contributed by atoms with Gasteiger partial charge in [-0.3, -0.25) is 0 Å². The molecule has 1 aromatic carbocycles. The maximum absolute atomic E-state index is 5.98. The van der Waals surface area contributed by atoms with E-state index in [-0.39, 0.29) is 0 Å². The van der Waals surface area contributed by atoms with Crippen LogP contribution in [-0.2, 0) is 0 Å². The van der Waals surface area contributed by atoms with Gasteiger partial charge in [0.05, 0.1) is 21.9 Å². The van der Waals surface area contributed by atoms with Crippen molar-refractivity contribution in [3.8, 4) is 0 Å². The van der Waals surface area contributed by atoms with Crippen LogP contribution in [0, 0.1) is 0 Å². The topological polar surface area (TPSA) is 79.1 Å². The fourth-order valence-electron chi connectivity index (χ4n) is 1.69. The van der Waals surface area contributed by atoms with Gasteiger partial charge in [0.1, 0.15) is 0 Å². The first-order valence-corrected chi connectivity index (χ1v) is 7.44. The third-order valence-electron chi connectivity index (χ3n) is 2.84. The molecule has 0 radical (unpaired) electrons. The van der Waals surface area contributed by atoms with Crippen LogP contribution < -0.4 is 16.4 Å². The minimum atomic E-state index is 0.431. The number of hydrogen-bond acceptors (Lipinski definition) is 6. The van der Waals surface area contributed by atoms with E-state index in [0.29, 0.717) is 27.5 Å². The minimum Gasteiger partial charge on any atom is -0.394 e. The highest BCUT2D eigenvalue weighted by atomic mass is 35.5. The van der Waals surface area contributed by atoms with E-state index >= 15 is 0 Å². The highest BCUT2D eigenvalue weighted by molar-refractivity contribution is 6.42. The zero-order valence-corrected chi connectivity index (χ0v) is 13.9. The van der Waals surface area contributed by atoms with E-state index in [1.54, 1.807) is 24.4 Å². The molecule has 8 heteroatoms. The predicted molar refractivity (Wildman–Crippen MR) is 93.2 cm³/mol. The molecular weight excluding hydrogens is 323 g/mol. The molecule has 0 spiro atoms. The number of rotatable bonds is 6. The Morgan fingerprint density at radius 2 is 2.00 bits per heavy atom. The summed E-state index contributed by atoms with van der Waals surface area (Å²) in [5.74, 6) is 1.03. The maximum atomic E-state index is 5.98. The molecule has 0 aliphatic rings. The maximum Gasteiger partial charge on any atom is 0.229 e. The molecule has 118 valence electrons. The number of aromatic nitrogens is 2. The second-order valence-electron chi connectivity index (χ2n) is 4.98. The lowest BCUT2D eigenvalue weighted by molar-refractivity contribution is 0.425. The van der Waals surface area contributed by atoms with Crippen LogP contribution in [0.2, 0.25) is 10.0 Å². The van der Waals surface area contributed by atoms with Crippen LogP contribution in [0.4, 0.5) is 23.1 Å². The van der Waals surface area contributed by atoms with Gasteiger partial charge in [0.25, 0.3) is 0 Å². The van der Waals surface area contributed by atoms with Gasteiger partial charge in [-0.25, -0.2) is 4.98 Å². The van der Waals surface area contributed by atoms with Crippen LogP contribution in [0.5, 0.6) is 0 Å². The summed E-state index contributed by atoms with van der Waals surface area (Å²) in [4.78, 5) is 10.6. The van der Waals surface area contributed by atoms with E-state index < -0.39 is 0 Å². The fraction of sp³-hybridized carbons (Fsp3) is 0.286. The van der Waals surface area contributed by atoms with Crippen LogP contribution in [0.25, 0.3) is 0 Å². The van der Waals surface area contributed by atoms with Crippen LogP contribution >= 0.6 is 23.2 Å². The number of nitrogens with two attached hydrogens (primary N) is 1. The first-order valence-electron chi connectivity index (χ1n) is 6.69. The third kappa shape index (κ3) is 4.62. The molecule has 1 heterocycles. The summed E-state index contributed by atoms with van der Waals surface area (Å²) in [7, 11) is 4.00. The van der Waals surface area contributed by atoms with Crippen LogP contribution in [-0.4, -0.2) is 42.1 Å². The number of benzene rings is 1. The zero-order chi connectivity index (χ0) is 16.1. The number of nitrogen functional groups attached to an aromatic ring is 1. The van der Waals surface area contributed by atoms with Gasteiger partial charge in [0.15, 0.2) is 5.82 Å². The molecule has 0 aliphatic heterocycles. The van der Waals surface area contributed by atoms with E-state index in [2.05, 4.69) is 25.5 Å². The number of anilines is 4. The second kappa shape index (κ2) is 7.49. The molecule has 6 nitrogen and oxygen atoms in total. The standard InChI is InChI=1S/C14H18Cl2N6/c1-22(2)6-5-18-13-12(17)8-19-14(21-13)20-9-3-4-10(15)11(16)7-9/h3-4,7-8H,5-6,17H2,1-2H3,(H2,18,19,20,21). The van der Waals surface area contributed by atoms with Gasteiger partial charge in [0, 0.05) is 18.8 Å². The Hall–Kier alpha value is -1.76. The van der Waals surface area contributed by atoms with Gasteiger partial charge < -0.3 is 21.3 Å². The van der Waals surface area contributed by atoms with Crippen molar-refractivity contribution in [3.63, 3.8) is 0 Å². The Morgan fingerprint density at radius 1 is 1.23 bits per heavy atom. The van der Waals surface area contributed by atoms with Crippen molar-refractivity contribution in [2.45, 2.75) is 0 Å². The molecular formula is C14H18Cl2N6. The van der Waals surface area contributed by atoms with Crippen LogP contribution in [0.15, 0.2) is 24.4 Å². The molecule has 4 N–H and O–H groups in total. The van der Waals surface area contributed by atoms with Crippen LogP contribution in [0.1, 0.15) is 0 Å². The molecule has 0 saturated carbocycles. The Bertz CT molecular complexity index is 647. The third-order valence-corrected chi connectivity index (χ3v) is 3.58. The Morgan fingerprint density at radius 3 is 2.68 bits per heavy atom. The number of likely N-dealkylation sites (N-methyl/N-ethyl adjacent to an activating group) is 1. The Labute approximate surface area is 139 Å². The average molecular weight is 341 g/mol. The van der Waals surface area contributed by atoms with E-state index in [4.69, 9.17) is 28.9 Å². The summed E-state index contributed by atoms with van der Waals surface area (Å²) in [6, 6.07) is 5.22. The minimum absolute atomic E-state index is 0.431. The predicted octanol–water partition coefficient (Wildman–Crippen LogP) is 3.08. The monoisotopic (exact) mass is 340 g/mol. The van der Waals surface area contributed by atoms with Crippen molar-refractivity contribution in [3.05, 3.63) is 34.4 Å². The Kier molecular flexibility index (Phi) is 5.65. The number of hydrogen-bond donors (Lipinski definition) is 3. The SMILES string of the molecule is CN(C)CCNc1nc(Nc2ccc(Cl)c(Cl)c2)ncc1N. The van der Waals surface area contributed by atoms with E-state index in [9.17, 15) is 0 Å². The number of nitrogens with zero attached hydrogens (tertiary/aromatic N) is 3. The first-order chi connectivity index (χ1) is 10.5. The van der Waals surface area contributed by atoms with Crippen molar-refractivity contribution in [2.75, 3.05) is 43.6 Å². The summed E-state index contributed by atoms with van der Waals surface area (Å²) >= 11 is 11.9. The Balaban J connectivity index is 2.09. The lowest BCUT2D eigenvalue weighted by Gasteiger charge is -2.13. The molecule has 0 fully saturated rings. The smallest absolute Gasteiger partial charge is 0.229 e. The van der Waals surface area contributed by atoms with Crippen molar-refractivity contribution in [1.29, 1.82) is 0 Å².